The topological polar surface area (TPSA) is 103 Å². The monoisotopic (exact) mass is 344 g/mol. The van der Waals surface area contributed by atoms with Gasteiger partial charge in [0.15, 0.2) is 0 Å². The molecule has 3 N–H and O–H groups in total. The Morgan fingerprint density at radius 2 is 2.04 bits per heavy atom. The van der Waals surface area contributed by atoms with E-state index in [4.69, 9.17) is 10.5 Å². The highest BCUT2D eigenvalue weighted by Gasteiger charge is 2.16. The van der Waals surface area contributed by atoms with E-state index in [0.717, 1.165) is 5.75 Å². The molecule has 0 aliphatic rings. The molecule has 0 aliphatic heterocycles. The SMILES string of the molecule is CCn1c(N)c(-c2csc(COc3ccccc3)n2)c(=O)[nH]c1=O. The number of benzene rings is 1. The summed E-state index contributed by atoms with van der Waals surface area (Å²) in [7, 11) is 0. The Morgan fingerprint density at radius 3 is 2.75 bits per heavy atom. The number of hydrogen-bond acceptors (Lipinski definition) is 6. The summed E-state index contributed by atoms with van der Waals surface area (Å²) in [4.78, 5) is 30.5. The van der Waals surface area contributed by atoms with Crippen molar-refractivity contribution in [1.29, 1.82) is 0 Å². The van der Waals surface area contributed by atoms with E-state index in [9.17, 15) is 9.59 Å². The van der Waals surface area contributed by atoms with Gasteiger partial charge in [0, 0.05) is 11.9 Å². The van der Waals surface area contributed by atoms with Crippen LogP contribution in [0.25, 0.3) is 11.3 Å². The van der Waals surface area contributed by atoms with Crippen molar-refractivity contribution in [3.63, 3.8) is 0 Å². The van der Waals surface area contributed by atoms with Gasteiger partial charge in [-0.25, -0.2) is 9.78 Å². The van der Waals surface area contributed by atoms with Crippen LogP contribution in [-0.2, 0) is 13.2 Å². The summed E-state index contributed by atoms with van der Waals surface area (Å²) in [5.41, 5.74) is 5.56. The highest BCUT2D eigenvalue weighted by atomic mass is 32.1. The highest BCUT2D eigenvalue weighted by Crippen LogP contribution is 2.24. The number of nitrogen functional groups attached to an aromatic ring is 1. The van der Waals surface area contributed by atoms with Crippen molar-refractivity contribution in [2.75, 3.05) is 5.73 Å². The maximum Gasteiger partial charge on any atom is 0.329 e. The van der Waals surface area contributed by atoms with Gasteiger partial charge < -0.3 is 10.5 Å². The predicted molar refractivity (Wildman–Crippen MR) is 93.3 cm³/mol. The summed E-state index contributed by atoms with van der Waals surface area (Å²) < 4.78 is 6.94. The number of aromatic nitrogens is 3. The van der Waals surface area contributed by atoms with Crippen LogP contribution in [0, 0.1) is 0 Å². The minimum Gasteiger partial charge on any atom is -0.486 e. The fraction of sp³-hybridized carbons (Fsp3) is 0.188. The minimum atomic E-state index is -0.539. The minimum absolute atomic E-state index is 0.118. The molecule has 0 saturated heterocycles. The Labute approximate surface area is 141 Å². The number of aromatic amines is 1. The molecule has 0 aliphatic carbocycles. The van der Waals surface area contributed by atoms with Gasteiger partial charge in [0.2, 0.25) is 0 Å². The van der Waals surface area contributed by atoms with Gasteiger partial charge in [0.25, 0.3) is 5.56 Å². The fourth-order valence-electron chi connectivity index (χ4n) is 2.30. The quantitative estimate of drug-likeness (QED) is 0.735. The highest BCUT2D eigenvalue weighted by molar-refractivity contribution is 7.09. The first-order valence-corrected chi connectivity index (χ1v) is 8.23. The Hall–Kier alpha value is -2.87. The smallest absolute Gasteiger partial charge is 0.329 e. The van der Waals surface area contributed by atoms with E-state index < -0.39 is 11.2 Å². The van der Waals surface area contributed by atoms with Gasteiger partial charge in [0.05, 0.1) is 5.69 Å². The molecule has 7 nitrogen and oxygen atoms in total. The number of H-pyrrole nitrogens is 1. The van der Waals surface area contributed by atoms with Crippen LogP contribution in [0.15, 0.2) is 45.3 Å². The first-order chi connectivity index (χ1) is 11.6. The Kier molecular flexibility index (Phi) is 4.48. The molecule has 0 radical (unpaired) electrons. The number of nitrogens with two attached hydrogens (primary N) is 1. The Bertz CT molecular complexity index is 959. The summed E-state index contributed by atoms with van der Waals surface area (Å²) in [6.07, 6.45) is 0. The molecule has 8 heteroatoms. The molecule has 24 heavy (non-hydrogen) atoms. The second kappa shape index (κ2) is 6.71. The number of nitrogens with one attached hydrogen (secondary N) is 1. The van der Waals surface area contributed by atoms with Gasteiger partial charge >= 0.3 is 5.69 Å². The van der Waals surface area contributed by atoms with Crippen LogP contribution in [0.5, 0.6) is 5.75 Å². The molecule has 0 unspecified atom stereocenters. The van der Waals surface area contributed by atoms with Crippen molar-refractivity contribution in [2.24, 2.45) is 0 Å². The zero-order valence-electron chi connectivity index (χ0n) is 13.0. The van der Waals surface area contributed by atoms with E-state index in [2.05, 4.69) is 9.97 Å². The van der Waals surface area contributed by atoms with Gasteiger partial charge in [-0.15, -0.1) is 11.3 Å². The Morgan fingerprint density at radius 1 is 1.29 bits per heavy atom. The Balaban J connectivity index is 1.89. The largest absolute Gasteiger partial charge is 0.486 e. The van der Waals surface area contributed by atoms with Crippen LogP contribution in [-0.4, -0.2) is 14.5 Å². The van der Waals surface area contributed by atoms with Crippen molar-refractivity contribution in [1.82, 2.24) is 14.5 Å². The molecule has 2 aromatic heterocycles. The summed E-state index contributed by atoms with van der Waals surface area (Å²) in [6, 6.07) is 9.39. The lowest BCUT2D eigenvalue weighted by Gasteiger charge is -2.08. The molecule has 0 fully saturated rings. The number of hydrogen-bond donors (Lipinski definition) is 2. The molecular weight excluding hydrogens is 328 g/mol. The van der Waals surface area contributed by atoms with E-state index in [1.165, 1.54) is 15.9 Å². The molecule has 3 aromatic rings. The molecule has 0 spiro atoms. The maximum absolute atomic E-state index is 12.1. The van der Waals surface area contributed by atoms with Gasteiger partial charge in [0.1, 0.15) is 28.7 Å². The summed E-state index contributed by atoms with van der Waals surface area (Å²) in [5, 5.41) is 2.44. The number of para-hydroxylation sites is 1. The third kappa shape index (κ3) is 3.09. The summed E-state index contributed by atoms with van der Waals surface area (Å²) in [5.74, 6) is 0.859. The lowest BCUT2D eigenvalue weighted by atomic mass is 10.2. The van der Waals surface area contributed by atoms with Gasteiger partial charge in [-0.2, -0.15) is 0 Å². The van der Waals surface area contributed by atoms with Crippen molar-refractivity contribution in [3.05, 3.63) is 61.6 Å². The van der Waals surface area contributed by atoms with Crippen molar-refractivity contribution in [3.8, 4) is 17.0 Å². The van der Waals surface area contributed by atoms with E-state index in [-0.39, 0.29) is 11.4 Å². The molecule has 0 atom stereocenters. The zero-order valence-corrected chi connectivity index (χ0v) is 13.8. The second-order valence-corrected chi connectivity index (χ2v) is 5.93. The zero-order chi connectivity index (χ0) is 17.1. The molecular formula is C16H16N4O3S. The van der Waals surface area contributed by atoms with Crippen LogP contribution in [0.3, 0.4) is 0 Å². The third-order valence-electron chi connectivity index (χ3n) is 3.47. The lowest BCUT2D eigenvalue weighted by Crippen LogP contribution is -2.32. The number of ether oxygens (including phenoxy) is 1. The van der Waals surface area contributed by atoms with E-state index in [1.54, 1.807) is 12.3 Å². The number of rotatable bonds is 5. The number of thiazole rings is 1. The summed E-state index contributed by atoms with van der Waals surface area (Å²) >= 11 is 1.37. The van der Waals surface area contributed by atoms with Crippen LogP contribution in [0.4, 0.5) is 5.82 Å². The fourth-order valence-corrected chi connectivity index (χ4v) is 3.00. The third-order valence-corrected chi connectivity index (χ3v) is 4.29. The van der Waals surface area contributed by atoms with Crippen LogP contribution in [0.1, 0.15) is 11.9 Å². The van der Waals surface area contributed by atoms with Crippen LogP contribution >= 0.6 is 11.3 Å². The molecule has 0 amide bonds. The molecule has 2 heterocycles. The second-order valence-electron chi connectivity index (χ2n) is 4.99. The van der Waals surface area contributed by atoms with Crippen LogP contribution < -0.4 is 21.7 Å². The van der Waals surface area contributed by atoms with E-state index in [1.807, 2.05) is 30.3 Å². The number of nitrogens with zero attached hydrogens (tertiary/aromatic N) is 2. The van der Waals surface area contributed by atoms with Gasteiger partial charge in [-0.3, -0.25) is 14.3 Å². The molecule has 124 valence electrons. The van der Waals surface area contributed by atoms with Crippen molar-refractivity contribution < 1.29 is 4.74 Å². The van der Waals surface area contributed by atoms with E-state index >= 15 is 0 Å². The average Bonchev–Trinajstić information content (AvgIpc) is 3.02. The van der Waals surface area contributed by atoms with Crippen molar-refractivity contribution >= 4 is 17.2 Å². The normalized spacial score (nSPS) is 10.7. The summed E-state index contributed by atoms with van der Waals surface area (Å²) in [6.45, 7) is 2.43. The predicted octanol–water partition coefficient (Wildman–Crippen LogP) is 1.84. The lowest BCUT2D eigenvalue weighted by molar-refractivity contribution is 0.305. The maximum atomic E-state index is 12.1. The van der Waals surface area contributed by atoms with Crippen LogP contribution in [0.2, 0.25) is 0 Å². The van der Waals surface area contributed by atoms with Crippen molar-refractivity contribution in [2.45, 2.75) is 20.1 Å². The first-order valence-electron chi connectivity index (χ1n) is 7.35. The standard InChI is InChI=1S/C16H16N4O3S/c1-2-20-14(17)13(15(21)19-16(20)22)11-9-24-12(18-11)8-23-10-6-4-3-5-7-10/h3-7,9H,2,8,17H2,1H3,(H,19,21,22). The average molecular weight is 344 g/mol. The van der Waals surface area contributed by atoms with Gasteiger partial charge in [-0.1, -0.05) is 18.2 Å². The number of anilines is 1. The molecule has 1 aromatic carbocycles. The van der Waals surface area contributed by atoms with E-state index in [0.29, 0.717) is 23.9 Å². The molecule has 3 rings (SSSR count). The first kappa shape index (κ1) is 16.0. The molecule has 0 saturated carbocycles. The van der Waals surface area contributed by atoms with Gasteiger partial charge in [-0.05, 0) is 19.1 Å². The molecule has 0 bridgehead atoms.